The molecule has 5 nitrogen and oxygen atoms in total. The maximum absolute atomic E-state index is 8.78. The molecule has 1 aliphatic heterocycles. The van der Waals surface area contributed by atoms with Gasteiger partial charge in [0.15, 0.2) is 5.58 Å². The maximum Gasteiger partial charge on any atom is 0.204 e. The lowest BCUT2D eigenvalue weighted by molar-refractivity contribution is 0.414. The number of hydrogen-bond acceptors (Lipinski definition) is 5. The average Bonchev–Trinajstić information content (AvgIpc) is 2.94. The Bertz CT molecular complexity index is 613. The van der Waals surface area contributed by atoms with Crippen molar-refractivity contribution < 1.29 is 4.42 Å². The van der Waals surface area contributed by atoms with E-state index in [-0.39, 0.29) is 0 Å². The third-order valence-corrected chi connectivity index (χ3v) is 3.26. The zero-order valence-corrected chi connectivity index (χ0v) is 10.2. The van der Waals surface area contributed by atoms with Gasteiger partial charge in [0.25, 0.3) is 0 Å². The third-order valence-electron chi connectivity index (χ3n) is 3.26. The first-order valence-electron chi connectivity index (χ1n) is 5.99. The van der Waals surface area contributed by atoms with E-state index in [2.05, 4.69) is 22.2 Å². The van der Waals surface area contributed by atoms with Gasteiger partial charge in [0.1, 0.15) is 11.9 Å². The summed E-state index contributed by atoms with van der Waals surface area (Å²) in [4.78, 5) is 6.60. The Balaban J connectivity index is 1.82. The van der Waals surface area contributed by atoms with Crippen molar-refractivity contribution in [3.05, 3.63) is 24.1 Å². The van der Waals surface area contributed by atoms with Crippen LogP contribution in [0.15, 0.2) is 22.7 Å². The van der Waals surface area contributed by atoms with Crippen LogP contribution in [-0.2, 0) is 0 Å². The van der Waals surface area contributed by atoms with E-state index in [1.54, 1.807) is 12.3 Å². The summed E-state index contributed by atoms with van der Waals surface area (Å²) in [6.45, 7) is 2.15. The van der Waals surface area contributed by atoms with Crippen molar-refractivity contribution in [2.75, 3.05) is 25.5 Å². The molecule has 2 aromatic rings. The number of anilines is 1. The highest BCUT2D eigenvalue weighted by Crippen LogP contribution is 2.22. The molecule has 0 spiro atoms. The van der Waals surface area contributed by atoms with Gasteiger partial charge in [0.2, 0.25) is 5.76 Å². The number of nitrogens with one attached hydrogen (secondary N) is 1. The van der Waals surface area contributed by atoms with E-state index < -0.39 is 0 Å². The van der Waals surface area contributed by atoms with Gasteiger partial charge in [-0.15, -0.1) is 0 Å². The molecule has 0 bridgehead atoms. The minimum absolute atomic E-state index is 0.324. The van der Waals surface area contributed by atoms with Crippen molar-refractivity contribution in [2.24, 2.45) is 0 Å². The molecule has 1 fully saturated rings. The van der Waals surface area contributed by atoms with E-state index in [9.17, 15) is 0 Å². The van der Waals surface area contributed by atoms with Gasteiger partial charge >= 0.3 is 0 Å². The second-order valence-electron chi connectivity index (χ2n) is 4.72. The molecule has 0 aliphatic carbocycles. The fourth-order valence-corrected chi connectivity index (χ4v) is 2.34. The molecule has 0 radical (unpaired) electrons. The Labute approximate surface area is 105 Å². The molecule has 18 heavy (non-hydrogen) atoms. The number of nitriles is 1. The van der Waals surface area contributed by atoms with Crippen LogP contribution < -0.4 is 5.32 Å². The van der Waals surface area contributed by atoms with Crippen LogP contribution in [0.3, 0.4) is 0 Å². The van der Waals surface area contributed by atoms with Crippen molar-refractivity contribution in [1.82, 2.24) is 9.88 Å². The quantitative estimate of drug-likeness (QED) is 0.870. The van der Waals surface area contributed by atoms with Gasteiger partial charge in [0, 0.05) is 24.0 Å². The highest BCUT2D eigenvalue weighted by Gasteiger charge is 2.19. The average molecular weight is 242 g/mol. The van der Waals surface area contributed by atoms with Crippen LogP contribution in [0.4, 0.5) is 5.82 Å². The van der Waals surface area contributed by atoms with Crippen molar-refractivity contribution in [3.63, 3.8) is 0 Å². The van der Waals surface area contributed by atoms with Crippen molar-refractivity contribution >= 4 is 16.8 Å². The first-order chi connectivity index (χ1) is 8.74. The Morgan fingerprint density at radius 2 is 2.44 bits per heavy atom. The minimum Gasteiger partial charge on any atom is -0.444 e. The number of pyridine rings is 1. The molecular weight excluding hydrogens is 228 g/mol. The van der Waals surface area contributed by atoms with Crippen molar-refractivity contribution in [1.29, 1.82) is 5.26 Å². The Hall–Kier alpha value is -2.06. The summed E-state index contributed by atoms with van der Waals surface area (Å²) >= 11 is 0. The number of likely N-dealkylation sites (N-methyl/N-ethyl adjacent to an activating group) is 1. The number of likely N-dealkylation sites (tertiary alicyclic amines) is 1. The van der Waals surface area contributed by atoms with E-state index in [0.29, 0.717) is 17.4 Å². The van der Waals surface area contributed by atoms with E-state index in [0.717, 1.165) is 30.7 Å². The molecule has 0 unspecified atom stereocenters. The lowest BCUT2D eigenvalue weighted by atomic mass is 10.2. The van der Waals surface area contributed by atoms with Crippen LogP contribution in [0.1, 0.15) is 12.2 Å². The fourth-order valence-electron chi connectivity index (χ4n) is 2.34. The Morgan fingerprint density at radius 1 is 1.56 bits per heavy atom. The summed E-state index contributed by atoms with van der Waals surface area (Å²) in [7, 11) is 2.12. The second kappa shape index (κ2) is 4.31. The largest absolute Gasteiger partial charge is 0.444 e. The molecule has 1 aliphatic rings. The van der Waals surface area contributed by atoms with Crippen LogP contribution in [0, 0.1) is 11.3 Å². The van der Waals surface area contributed by atoms with Gasteiger partial charge in [0.05, 0.1) is 6.20 Å². The zero-order valence-electron chi connectivity index (χ0n) is 10.2. The molecule has 0 aromatic carbocycles. The summed E-state index contributed by atoms with van der Waals surface area (Å²) in [6.07, 6.45) is 2.79. The standard InChI is InChI=1S/C13H14N4O/c1-17-3-2-10(8-17)16-13-5-9-4-11(6-14)18-12(9)7-15-13/h4-5,7,10H,2-3,8H2,1H3,(H,15,16)/t10-/m1/s1. The third kappa shape index (κ3) is 2.03. The number of fused-ring (bicyclic) bond motifs is 1. The highest BCUT2D eigenvalue weighted by molar-refractivity contribution is 5.80. The topological polar surface area (TPSA) is 65.1 Å². The molecule has 3 rings (SSSR count). The number of nitrogens with zero attached hydrogens (tertiary/aromatic N) is 3. The molecule has 0 amide bonds. The Kier molecular flexibility index (Phi) is 2.65. The van der Waals surface area contributed by atoms with E-state index in [4.69, 9.17) is 9.68 Å². The van der Waals surface area contributed by atoms with Crippen LogP contribution in [0.2, 0.25) is 0 Å². The van der Waals surface area contributed by atoms with Crippen LogP contribution in [0.5, 0.6) is 0 Å². The Morgan fingerprint density at radius 3 is 3.17 bits per heavy atom. The monoisotopic (exact) mass is 242 g/mol. The smallest absolute Gasteiger partial charge is 0.204 e. The van der Waals surface area contributed by atoms with Crippen LogP contribution >= 0.6 is 0 Å². The summed E-state index contributed by atoms with van der Waals surface area (Å²) in [5.74, 6) is 1.16. The molecule has 1 saturated heterocycles. The number of rotatable bonds is 2. The van der Waals surface area contributed by atoms with Gasteiger partial charge in [-0.25, -0.2) is 4.98 Å². The van der Waals surface area contributed by atoms with Gasteiger partial charge in [-0.05, 0) is 26.1 Å². The van der Waals surface area contributed by atoms with E-state index in [1.807, 2.05) is 12.1 Å². The molecular formula is C13H14N4O. The summed E-state index contributed by atoms with van der Waals surface area (Å²) in [5.41, 5.74) is 0.653. The lowest BCUT2D eigenvalue weighted by Crippen LogP contribution is -2.23. The normalized spacial score (nSPS) is 20.1. The molecule has 5 heteroatoms. The zero-order chi connectivity index (χ0) is 12.5. The van der Waals surface area contributed by atoms with Gasteiger partial charge in [-0.2, -0.15) is 5.26 Å². The van der Waals surface area contributed by atoms with Gasteiger partial charge in [-0.3, -0.25) is 0 Å². The first-order valence-corrected chi connectivity index (χ1v) is 5.99. The fraction of sp³-hybridized carbons (Fsp3) is 0.385. The van der Waals surface area contributed by atoms with E-state index >= 15 is 0 Å². The van der Waals surface area contributed by atoms with Gasteiger partial charge < -0.3 is 14.6 Å². The second-order valence-corrected chi connectivity index (χ2v) is 4.72. The molecule has 1 N–H and O–H groups in total. The lowest BCUT2D eigenvalue weighted by Gasteiger charge is -2.13. The SMILES string of the molecule is CN1CC[C@@H](Nc2cc3cc(C#N)oc3cn2)C1. The van der Waals surface area contributed by atoms with E-state index in [1.165, 1.54) is 0 Å². The minimum atomic E-state index is 0.324. The molecule has 0 saturated carbocycles. The van der Waals surface area contributed by atoms with Gasteiger partial charge in [-0.1, -0.05) is 0 Å². The van der Waals surface area contributed by atoms with Crippen molar-refractivity contribution in [3.8, 4) is 6.07 Å². The van der Waals surface area contributed by atoms with Crippen LogP contribution in [0.25, 0.3) is 11.0 Å². The predicted octanol–water partition coefficient (Wildman–Crippen LogP) is 1.82. The highest BCUT2D eigenvalue weighted by atomic mass is 16.3. The molecule has 1 atom stereocenters. The number of furan rings is 1. The first kappa shape index (κ1) is 11.1. The number of aromatic nitrogens is 1. The number of hydrogen-bond donors (Lipinski definition) is 1. The maximum atomic E-state index is 8.78. The molecule has 92 valence electrons. The molecule has 2 aromatic heterocycles. The summed E-state index contributed by atoms with van der Waals surface area (Å²) in [6, 6.07) is 6.11. The molecule has 3 heterocycles. The van der Waals surface area contributed by atoms with Crippen molar-refractivity contribution in [2.45, 2.75) is 12.5 Å². The summed E-state index contributed by atoms with van der Waals surface area (Å²) < 4.78 is 5.30. The summed E-state index contributed by atoms with van der Waals surface area (Å²) in [5, 5.41) is 13.1. The van der Waals surface area contributed by atoms with Crippen LogP contribution in [-0.4, -0.2) is 36.1 Å². The predicted molar refractivity (Wildman–Crippen MR) is 68.2 cm³/mol.